The molecule has 0 fully saturated rings. The molecule has 2 aromatic rings. The standard InChI is InChI=1S/C20H25N3O4S/c1-4-13(2)18(23-19(24)15-8-6-5-7-9-15)20(25)22-16-11-10-14(3)17(12-16)28(21,26)27/h5-13,18H,4H2,1-3H3,(H,22,25)(H,23,24)(H2,21,26,27)/t13-,18-/m0/s1. The summed E-state index contributed by atoms with van der Waals surface area (Å²) in [6, 6.07) is 12.3. The van der Waals surface area contributed by atoms with Crippen LogP contribution in [-0.4, -0.2) is 26.3 Å². The molecule has 0 saturated carbocycles. The lowest BCUT2D eigenvalue weighted by Gasteiger charge is -2.24. The van der Waals surface area contributed by atoms with E-state index in [2.05, 4.69) is 10.6 Å². The zero-order chi connectivity index (χ0) is 20.9. The fourth-order valence-corrected chi connectivity index (χ4v) is 3.53. The minimum Gasteiger partial charge on any atom is -0.340 e. The SMILES string of the molecule is CC[C@H](C)[C@H](NC(=O)c1ccccc1)C(=O)Nc1ccc(C)c(S(N)(=O)=O)c1. The molecule has 0 saturated heterocycles. The van der Waals surface area contributed by atoms with Crippen LogP contribution in [0.1, 0.15) is 36.2 Å². The Morgan fingerprint density at radius 2 is 1.75 bits per heavy atom. The van der Waals surface area contributed by atoms with E-state index in [1.54, 1.807) is 49.4 Å². The number of nitrogens with one attached hydrogen (secondary N) is 2. The maximum absolute atomic E-state index is 12.8. The Morgan fingerprint density at radius 3 is 2.32 bits per heavy atom. The van der Waals surface area contributed by atoms with Crippen molar-refractivity contribution in [3.63, 3.8) is 0 Å². The highest BCUT2D eigenvalue weighted by molar-refractivity contribution is 7.89. The smallest absolute Gasteiger partial charge is 0.251 e. The topological polar surface area (TPSA) is 118 Å². The van der Waals surface area contributed by atoms with Gasteiger partial charge in [0.25, 0.3) is 5.91 Å². The van der Waals surface area contributed by atoms with E-state index in [0.717, 1.165) is 0 Å². The summed E-state index contributed by atoms with van der Waals surface area (Å²) in [4.78, 5) is 25.2. The van der Waals surface area contributed by atoms with Crippen molar-refractivity contribution in [3.8, 4) is 0 Å². The molecule has 0 aromatic heterocycles. The second kappa shape index (κ2) is 8.99. The molecule has 0 aliphatic carbocycles. The lowest BCUT2D eigenvalue weighted by atomic mass is 9.97. The van der Waals surface area contributed by atoms with Gasteiger partial charge in [-0.15, -0.1) is 0 Å². The van der Waals surface area contributed by atoms with Crippen molar-refractivity contribution in [3.05, 3.63) is 59.7 Å². The number of carbonyl (C=O) groups excluding carboxylic acids is 2. The number of carbonyl (C=O) groups is 2. The summed E-state index contributed by atoms with van der Waals surface area (Å²) in [5.41, 5.74) is 1.23. The van der Waals surface area contributed by atoms with Crippen LogP contribution < -0.4 is 15.8 Å². The number of hydrogen-bond acceptors (Lipinski definition) is 4. The number of anilines is 1. The third kappa shape index (κ3) is 5.40. The third-order valence-corrected chi connectivity index (χ3v) is 5.63. The Balaban J connectivity index is 2.23. The molecule has 0 aliphatic rings. The number of aryl methyl sites for hydroxylation is 1. The average Bonchev–Trinajstić information content (AvgIpc) is 2.66. The number of hydrogen-bond donors (Lipinski definition) is 3. The summed E-state index contributed by atoms with van der Waals surface area (Å²) >= 11 is 0. The van der Waals surface area contributed by atoms with Gasteiger partial charge in [0.1, 0.15) is 6.04 Å². The first-order valence-electron chi connectivity index (χ1n) is 8.93. The Morgan fingerprint density at radius 1 is 1.11 bits per heavy atom. The highest BCUT2D eigenvalue weighted by Crippen LogP contribution is 2.20. The van der Waals surface area contributed by atoms with Gasteiger partial charge in [-0.3, -0.25) is 9.59 Å². The second-order valence-electron chi connectivity index (χ2n) is 6.72. The van der Waals surface area contributed by atoms with Crippen LogP contribution in [0.25, 0.3) is 0 Å². The van der Waals surface area contributed by atoms with Crippen LogP contribution in [0.15, 0.2) is 53.4 Å². The van der Waals surface area contributed by atoms with Crippen molar-refractivity contribution < 1.29 is 18.0 Å². The molecule has 0 spiro atoms. The molecule has 2 aromatic carbocycles. The van der Waals surface area contributed by atoms with Gasteiger partial charge < -0.3 is 10.6 Å². The van der Waals surface area contributed by atoms with E-state index in [1.807, 2.05) is 13.8 Å². The molecule has 0 bridgehead atoms. The zero-order valence-electron chi connectivity index (χ0n) is 16.1. The maximum Gasteiger partial charge on any atom is 0.251 e. The van der Waals surface area contributed by atoms with Gasteiger partial charge in [0, 0.05) is 11.3 Å². The number of amides is 2. The lowest BCUT2D eigenvalue weighted by molar-refractivity contribution is -0.119. The summed E-state index contributed by atoms with van der Waals surface area (Å²) in [5, 5.41) is 10.7. The number of primary sulfonamides is 1. The van der Waals surface area contributed by atoms with Crippen molar-refractivity contribution in [2.75, 3.05) is 5.32 Å². The largest absolute Gasteiger partial charge is 0.340 e. The first-order valence-corrected chi connectivity index (χ1v) is 10.5. The molecular formula is C20H25N3O4S. The van der Waals surface area contributed by atoms with Gasteiger partial charge in [-0.1, -0.05) is 44.5 Å². The quantitative estimate of drug-likeness (QED) is 0.658. The Kier molecular flexibility index (Phi) is 6.93. The monoisotopic (exact) mass is 403 g/mol. The van der Waals surface area contributed by atoms with Crippen LogP contribution in [0.3, 0.4) is 0 Å². The molecule has 0 radical (unpaired) electrons. The van der Waals surface area contributed by atoms with Crippen LogP contribution in [0.2, 0.25) is 0 Å². The van der Waals surface area contributed by atoms with E-state index >= 15 is 0 Å². The van der Waals surface area contributed by atoms with E-state index in [9.17, 15) is 18.0 Å². The molecule has 8 heteroatoms. The second-order valence-corrected chi connectivity index (χ2v) is 8.25. The molecule has 2 atom stereocenters. The van der Waals surface area contributed by atoms with Crippen molar-refractivity contribution in [1.29, 1.82) is 0 Å². The molecule has 2 rings (SSSR count). The summed E-state index contributed by atoms with van der Waals surface area (Å²) in [5.74, 6) is -0.908. The minimum atomic E-state index is -3.91. The predicted molar refractivity (Wildman–Crippen MR) is 108 cm³/mol. The number of nitrogens with two attached hydrogens (primary N) is 1. The van der Waals surface area contributed by atoms with Crippen LogP contribution >= 0.6 is 0 Å². The molecule has 150 valence electrons. The molecule has 0 unspecified atom stereocenters. The molecule has 2 amide bonds. The molecule has 4 N–H and O–H groups in total. The highest BCUT2D eigenvalue weighted by atomic mass is 32.2. The van der Waals surface area contributed by atoms with Gasteiger partial charge in [0.2, 0.25) is 15.9 Å². The molecule has 28 heavy (non-hydrogen) atoms. The van der Waals surface area contributed by atoms with Gasteiger partial charge in [0.15, 0.2) is 0 Å². The van der Waals surface area contributed by atoms with Crippen LogP contribution in [0.4, 0.5) is 5.69 Å². The zero-order valence-corrected chi connectivity index (χ0v) is 16.9. The maximum atomic E-state index is 12.8. The predicted octanol–water partition coefficient (Wildman–Crippen LogP) is 2.43. The van der Waals surface area contributed by atoms with Crippen molar-refractivity contribution in [1.82, 2.24) is 5.32 Å². The fourth-order valence-electron chi connectivity index (χ4n) is 2.72. The summed E-state index contributed by atoms with van der Waals surface area (Å²) < 4.78 is 23.4. The van der Waals surface area contributed by atoms with Gasteiger partial charge >= 0.3 is 0 Å². The average molecular weight is 404 g/mol. The normalized spacial score (nSPS) is 13.4. The van der Waals surface area contributed by atoms with E-state index in [-0.39, 0.29) is 16.7 Å². The molecule has 0 heterocycles. The molecule has 0 aliphatic heterocycles. The van der Waals surface area contributed by atoms with E-state index in [0.29, 0.717) is 23.2 Å². The first-order chi connectivity index (χ1) is 13.1. The fraction of sp³-hybridized carbons (Fsp3) is 0.300. The minimum absolute atomic E-state index is 0.0567. The lowest BCUT2D eigenvalue weighted by Crippen LogP contribution is -2.47. The van der Waals surface area contributed by atoms with E-state index in [1.165, 1.54) is 6.07 Å². The highest BCUT2D eigenvalue weighted by Gasteiger charge is 2.26. The first kappa shape index (κ1) is 21.6. The Hall–Kier alpha value is -2.71. The van der Waals surface area contributed by atoms with Crippen LogP contribution in [0.5, 0.6) is 0 Å². The van der Waals surface area contributed by atoms with Gasteiger partial charge in [-0.25, -0.2) is 13.6 Å². The molecular weight excluding hydrogens is 378 g/mol. The van der Waals surface area contributed by atoms with Gasteiger partial charge in [-0.05, 0) is 42.7 Å². The summed E-state index contributed by atoms with van der Waals surface area (Å²) in [6.07, 6.45) is 0.670. The number of benzene rings is 2. The van der Waals surface area contributed by atoms with Crippen molar-refractivity contribution in [2.24, 2.45) is 11.1 Å². The van der Waals surface area contributed by atoms with Gasteiger partial charge in [0.05, 0.1) is 4.90 Å². The van der Waals surface area contributed by atoms with Crippen LogP contribution in [-0.2, 0) is 14.8 Å². The molecule has 7 nitrogen and oxygen atoms in total. The van der Waals surface area contributed by atoms with Gasteiger partial charge in [-0.2, -0.15) is 0 Å². The summed E-state index contributed by atoms with van der Waals surface area (Å²) in [7, 11) is -3.91. The van der Waals surface area contributed by atoms with E-state index < -0.39 is 22.0 Å². The number of rotatable bonds is 7. The summed E-state index contributed by atoms with van der Waals surface area (Å²) in [6.45, 7) is 5.40. The number of sulfonamides is 1. The Labute approximate surface area is 165 Å². The van der Waals surface area contributed by atoms with Crippen molar-refractivity contribution in [2.45, 2.75) is 38.1 Å². The third-order valence-electron chi connectivity index (χ3n) is 4.58. The Bertz CT molecular complexity index is 959. The van der Waals surface area contributed by atoms with E-state index in [4.69, 9.17) is 5.14 Å². The van der Waals surface area contributed by atoms with Crippen LogP contribution in [0, 0.1) is 12.8 Å². The van der Waals surface area contributed by atoms with Crippen molar-refractivity contribution >= 4 is 27.5 Å².